The molecule has 0 radical (unpaired) electrons. The minimum absolute atomic E-state index is 0.0384. The zero-order valence-electron chi connectivity index (χ0n) is 20.9. The minimum atomic E-state index is -0.843. The van der Waals surface area contributed by atoms with E-state index >= 15 is 0 Å². The van der Waals surface area contributed by atoms with Crippen molar-refractivity contribution in [3.63, 3.8) is 0 Å². The van der Waals surface area contributed by atoms with Crippen LogP contribution in [0.4, 0.5) is 0 Å². The van der Waals surface area contributed by atoms with Crippen LogP contribution in [0.2, 0.25) is 0 Å². The highest BCUT2D eigenvalue weighted by atomic mass is 16.3. The molecule has 5 fully saturated rings. The normalized spacial score (nSPS) is 57.8. The molecule has 0 bridgehead atoms. The molecular formula is C28H42O4. The van der Waals surface area contributed by atoms with Gasteiger partial charge in [0, 0.05) is 23.7 Å². The molecule has 5 rings (SSSR count). The number of Topliss-reactive ketones (excluding diaryl/α,β-unsaturated/α-hetero) is 3. The quantitative estimate of drug-likeness (QED) is 0.536. The van der Waals surface area contributed by atoms with Gasteiger partial charge in [-0.05, 0) is 84.9 Å². The van der Waals surface area contributed by atoms with E-state index in [9.17, 15) is 19.5 Å². The fourth-order valence-corrected chi connectivity index (χ4v) is 10.4. The maximum absolute atomic E-state index is 12.7. The molecule has 1 N–H and O–H groups in total. The van der Waals surface area contributed by atoms with E-state index in [1.165, 1.54) is 0 Å². The van der Waals surface area contributed by atoms with Crippen LogP contribution in [0.5, 0.6) is 0 Å². The van der Waals surface area contributed by atoms with Crippen molar-refractivity contribution >= 4 is 17.3 Å². The van der Waals surface area contributed by atoms with Gasteiger partial charge in [0.2, 0.25) is 5.78 Å². The lowest BCUT2D eigenvalue weighted by Crippen LogP contribution is -2.69. The van der Waals surface area contributed by atoms with Gasteiger partial charge in [0.05, 0.1) is 0 Å². The van der Waals surface area contributed by atoms with E-state index in [1.807, 2.05) is 13.8 Å². The number of rotatable bonds is 0. The first kappa shape index (κ1) is 22.7. The Balaban J connectivity index is 1.54. The van der Waals surface area contributed by atoms with Crippen LogP contribution in [0.25, 0.3) is 0 Å². The topological polar surface area (TPSA) is 71.4 Å². The Labute approximate surface area is 193 Å². The van der Waals surface area contributed by atoms with Gasteiger partial charge in [-0.25, -0.2) is 0 Å². The van der Waals surface area contributed by atoms with Crippen LogP contribution in [0.1, 0.15) is 92.9 Å². The van der Waals surface area contributed by atoms with Gasteiger partial charge in [0.15, 0.2) is 11.6 Å². The highest BCUT2D eigenvalue weighted by Crippen LogP contribution is 2.76. The SMILES string of the molecule is CC1C(=O)C(=O)C[C@@H]2C1CC[C@H]1[C@@]2(C)CC[C@@]2(C)[C@@H]3C[C@@H](C)C(=O)[C@@H](O)[C@]3(C)CC[C@]12C. The maximum Gasteiger partial charge on any atom is 0.201 e. The Bertz CT molecular complexity index is 879. The zero-order chi connectivity index (χ0) is 23.4. The first-order chi connectivity index (χ1) is 14.8. The first-order valence-corrected chi connectivity index (χ1v) is 13.1. The average Bonchev–Trinajstić information content (AvgIpc) is 2.75. The molecule has 32 heavy (non-hydrogen) atoms. The van der Waals surface area contributed by atoms with Crippen LogP contribution in [-0.4, -0.2) is 28.6 Å². The van der Waals surface area contributed by atoms with Gasteiger partial charge in [-0.15, -0.1) is 0 Å². The van der Waals surface area contributed by atoms with Gasteiger partial charge in [0.25, 0.3) is 0 Å². The molecule has 0 aliphatic heterocycles. The molecule has 5 aliphatic rings. The van der Waals surface area contributed by atoms with E-state index in [1.54, 1.807) is 0 Å². The summed E-state index contributed by atoms with van der Waals surface area (Å²) >= 11 is 0. The summed E-state index contributed by atoms with van der Waals surface area (Å²) in [5.74, 6) is 1.08. The summed E-state index contributed by atoms with van der Waals surface area (Å²) < 4.78 is 0. The van der Waals surface area contributed by atoms with E-state index in [4.69, 9.17) is 0 Å². The predicted molar refractivity (Wildman–Crippen MR) is 123 cm³/mol. The first-order valence-electron chi connectivity index (χ1n) is 13.1. The lowest BCUT2D eigenvalue weighted by molar-refractivity contribution is -0.252. The Morgan fingerprint density at radius 3 is 2.06 bits per heavy atom. The van der Waals surface area contributed by atoms with E-state index in [0.29, 0.717) is 30.1 Å². The zero-order valence-corrected chi connectivity index (χ0v) is 20.9. The van der Waals surface area contributed by atoms with Crippen LogP contribution in [-0.2, 0) is 14.4 Å². The number of carbonyl (C=O) groups excluding carboxylic acids is 3. The highest BCUT2D eigenvalue weighted by Gasteiger charge is 2.71. The van der Waals surface area contributed by atoms with Gasteiger partial charge in [0.1, 0.15) is 6.10 Å². The Hall–Kier alpha value is -1.03. The van der Waals surface area contributed by atoms with Crippen LogP contribution in [0.3, 0.4) is 0 Å². The van der Waals surface area contributed by atoms with Crippen LogP contribution < -0.4 is 0 Å². The van der Waals surface area contributed by atoms with Crippen molar-refractivity contribution in [2.45, 2.75) is 99.0 Å². The van der Waals surface area contributed by atoms with Gasteiger partial charge in [-0.3, -0.25) is 14.4 Å². The fourth-order valence-electron chi connectivity index (χ4n) is 10.4. The number of fused-ring (bicyclic) bond motifs is 7. The maximum atomic E-state index is 12.7. The van der Waals surface area contributed by atoms with Gasteiger partial charge in [-0.1, -0.05) is 41.5 Å². The second kappa shape index (κ2) is 6.77. The number of ketones is 3. The highest BCUT2D eigenvalue weighted by molar-refractivity contribution is 6.38. The summed E-state index contributed by atoms with van der Waals surface area (Å²) in [7, 11) is 0. The third-order valence-electron chi connectivity index (χ3n) is 12.7. The van der Waals surface area contributed by atoms with Crippen LogP contribution in [0.15, 0.2) is 0 Å². The molecule has 4 heteroatoms. The van der Waals surface area contributed by atoms with E-state index < -0.39 is 6.10 Å². The monoisotopic (exact) mass is 442 g/mol. The fraction of sp³-hybridized carbons (Fsp3) is 0.893. The number of hydrogen-bond donors (Lipinski definition) is 1. The molecular weight excluding hydrogens is 400 g/mol. The lowest BCUT2D eigenvalue weighted by atomic mass is 9.31. The molecule has 4 nitrogen and oxygen atoms in total. The largest absolute Gasteiger partial charge is 0.385 e. The number of hydrogen-bond acceptors (Lipinski definition) is 4. The van der Waals surface area contributed by atoms with Gasteiger partial charge >= 0.3 is 0 Å². The van der Waals surface area contributed by atoms with Crippen LogP contribution >= 0.6 is 0 Å². The Morgan fingerprint density at radius 1 is 0.812 bits per heavy atom. The number of aliphatic hydroxyl groups excluding tert-OH is 1. The van der Waals surface area contributed by atoms with E-state index in [2.05, 4.69) is 27.7 Å². The Kier molecular flexibility index (Phi) is 4.81. The average molecular weight is 443 g/mol. The lowest BCUT2D eigenvalue weighted by Gasteiger charge is -2.73. The second-order valence-electron chi connectivity index (χ2n) is 13.5. The predicted octanol–water partition coefficient (Wildman–Crippen LogP) is 5.01. The molecule has 5 aliphatic carbocycles. The molecule has 0 aromatic heterocycles. The Morgan fingerprint density at radius 2 is 1.41 bits per heavy atom. The number of aliphatic hydroxyl groups is 1. The minimum Gasteiger partial charge on any atom is -0.385 e. The molecule has 0 spiro atoms. The molecule has 0 amide bonds. The van der Waals surface area contributed by atoms with Crippen molar-refractivity contribution in [3.05, 3.63) is 0 Å². The molecule has 0 heterocycles. The summed E-state index contributed by atoms with van der Waals surface area (Å²) in [5.41, 5.74) is -0.0371. The van der Waals surface area contributed by atoms with Crippen molar-refractivity contribution in [3.8, 4) is 0 Å². The van der Waals surface area contributed by atoms with Gasteiger partial charge in [-0.2, -0.15) is 0 Å². The van der Waals surface area contributed by atoms with Crippen molar-refractivity contribution in [2.24, 2.45) is 57.2 Å². The number of carbonyl (C=O) groups is 3. The molecule has 5 saturated carbocycles. The third-order valence-corrected chi connectivity index (χ3v) is 12.7. The van der Waals surface area contributed by atoms with Crippen molar-refractivity contribution in [2.75, 3.05) is 0 Å². The summed E-state index contributed by atoms with van der Waals surface area (Å²) in [4.78, 5) is 37.8. The second-order valence-corrected chi connectivity index (χ2v) is 13.5. The smallest absolute Gasteiger partial charge is 0.201 e. The van der Waals surface area contributed by atoms with E-state index in [0.717, 1.165) is 44.9 Å². The summed E-state index contributed by atoms with van der Waals surface area (Å²) in [6.45, 7) is 13.6. The molecule has 2 unspecified atom stereocenters. The molecule has 0 aromatic carbocycles. The van der Waals surface area contributed by atoms with Gasteiger partial charge < -0.3 is 5.11 Å². The molecule has 0 aromatic rings. The summed E-state index contributed by atoms with van der Waals surface area (Å²) in [5, 5.41) is 11.1. The molecule has 11 atom stereocenters. The molecule has 178 valence electrons. The molecule has 0 saturated heterocycles. The van der Waals surface area contributed by atoms with E-state index in [-0.39, 0.29) is 50.8 Å². The summed E-state index contributed by atoms with van der Waals surface area (Å²) in [6.07, 6.45) is 6.79. The van der Waals surface area contributed by atoms with Crippen molar-refractivity contribution < 1.29 is 19.5 Å². The van der Waals surface area contributed by atoms with Crippen molar-refractivity contribution in [1.82, 2.24) is 0 Å². The summed E-state index contributed by atoms with van der Waals surface area (Å²) in [6, 6.07) is 0. The van der Waals surface area contributed by atoms with Crippen LogP contribution in [0, 0.1) is 57.2 Å². The third kappa shape index (κ3) is 2.51. The standard InChI is InChI=1S/C28H42O4/c1-15-13-21-26(4,24(32)22(15)30)10-12-27(5)20-8-7-17-16(2)23(31)19(29)14-18(17)25(20,3)9-11-28(21,27)6/h15-18,20-21,24,32H,7-14H2,1-6H3/t15-,16?,17?,18-,20+,21-,24-,25+,26-,27-,28+/m1/s1. The van der Waals surface area contributed by atoms with Crippen molar-refractivity contribution in [1.29, 1.82) is 0 Å².